The predicted molar refractivity (Wildman–Crippen MR) is 125 cm³/mol. The quantitative estimate of drug-likeness (QED) is 0.300. The number of Topliss-reactive ketones (excluding diaryl/α,β-unsaturated/α-hetero) is 1. The van der Waals surface area contributed by atoms with Gasteiger partial charge in [0.15, 0.2) is 17.3 Å². The van der Waals surface area contributed by atoms with Crippen LogP contribution in [-0.2, 0) is 11.2 Å². The summed E-state index contributed by atoms with van der Waals surface area (Å²) in [6.45, 7) is 2.35. The number of carbonyl (C=O) groups excluding carboxylic acids is 2. The zero-order valence-corrected chi connectivity index (χ0v) is 18.2. The average Bonchev–Trinajstić information content (AvgIpc) is 3.49. The first-order valence-corrected chi connectivity index (χ1v) is 10.9. The van der Waals surface area contributed by atoms with Crippen LogP contribution >= 0.6 is 0 Å². The normalized spacial score (nSPS) is 12.2. The largest absolute Gasteiger partial charge is 0.461 e. The maximum absolute atomic E-state index is 12.9. The van der Waals surface area contributed by atoms with Gasteiger partial charge in [0.25, 0.3) is 0 Å². The number of benzene rings is 3. The summed E-state index contributed by atoms with van der Waals surface area (Å²) in [4.78, 5) is 28.0. The Bertz CT molecular complexity index is 1350. The third-order valence-electron chi connectivity index (χ3n) is 5.71. The zero-order valence-electron chi connectivity index (χ0n) is 18.2. The van der Waals surface area contributed by atoms with Crippen LogP contribution in [0.25, 0.3) is 22.0 Å². The molecule has 0 spiro atoms. The first-order valence-electron chi connectivity index (χ1n) is 10.9. The van der Waals surface area contributed by atoms with Crippen molar-refractivity contribution in [3.8, 4) is 22.6 Å². The van der Waals surface area contributed by atoms with Crippen LogP contribution in [0.1, 0.15) is 39.8 Å². The molecule has 0 atom stereocenters. The number of carbonyl (C=O) groups is 2. The Morgan fingerprint density at radius 2 is 1.79 bits per heavy atom. The summed E-state index contributed by atoms with van der Waals surface area (Å²) in [5.74, 6) is 1.19. The van der Waals surface area contributed by atoms with Crippen LogP contribution in [0.5, 0.6) is 11.5 Å². The highest BCUT2D eigenvalue weighted by atomic mass is 16.7. The summed E-state index contributed by atoms with van der Waals surface area (Å²) in [5.41, 5.74) is 4.93. The molecule has 0 unspecified atom stereocenters. The first kappa shape index (κ1) is 20.8. The van der Waals surface area contributed by atoms with Crippen molar-refractivity contribution in [2.45, 2.75) is 19.8 Å². The van der Waals surface area contributed by atoms with Crippen LogP contribution in [0, 0.1) is 0 Å². The lowest BCUT2D eigenvalue weighted by Crippen LogP contribution is -2.04. The molecule has 1 N–H and O–H groups in total. The summed E-state index contributed by atoms with van der Waals surface area (Å²) >= 11 is 0. The van der Waals surface area contributed by atoms with Gasteiger partial charge >= 0.3 is 5.97 Å². The number of aromatic amines is 1. The van der Waals surface area contributed by atoms with E-state index >= 15 is 0 Å². The molecule has 0 bridgehead atoms. The van der Waals surface area contributed by atoms with E-state index in [2.05, 4.69) is 4.98 Å². The summed E-state index contributed by atoms with van der Waals surface area (Å²) in [5, 5.41) is 0.912. The van der Waals surface area contributed by atoms with Crippen LogP contribution in [0.2, 0.25) is 0 Å². The molecule has 5 rings (SSSR count). The van der Waals surface area contributed by atoms with E-state index in [4.69, 9.17) is 14.2 Å². The number of fused-ring (bicyclic) bond motifs is 2. The Hall–Kier alpha value is -4.06. The van der Waals surface area contributed by atoms with Gasteiger partial charge in [-0.15, -0.1) is 0 Å². The number of hydrogen-bond donors (Lipinski definition) is 1. The number of ketones is 1. The van der Waals surface area contributed by atoms with E-state index < -0.39 is 0 Å². The molecule has 0 amide bonds. The number of esters is 1. The van der Waals surface area contributed by atoms with Crippen LogP contribution < -0.4 is 9.47 Å². The van der Waals surface area contributed by atoms with E-state index in [-0.39, 0.29) is 18.5 Å². The van der Waals surface area contributed by atoms with Crippen molar-refractivity contribution in [3.05, 3.63) is 83.6 Å². The molecular formula is C27H23NO5. The molecule has 1 aromatic heterocycles. The Kier molecular flexibility index (Phi) is 5.57. The van der Waals surface area contributed by atoms with Gasteiger partial charge < -0.3 is 19.2 Å². The Morgan fingerprint density at radius 3 is 2.67 bits per heavy atom. The summed E-state index contributed by atoms with van der Waals surface area (Å²) in [6, 6.07) is 21.1. The zero-order chi connectivity index (χ0) is 22.8. The number of H-pyrrole nitrogens is 1. The molecule has 1 aliphatic heterocycles. The van der Waals surface area contributed by atoms with Crippen molar-refractivity contribution in [3.63, 3.8) is 0 Å². The van der Waals surface area contributed by atoms with E-state index in [1.54, 1.807) is 13.0 Å². The molecule has 1 aliphatic rings. The first-order chi connectivity index (χ1) is 16.1. The van der Waals surface area contributed by atoms with Gasteiger partial charge in [-0.2, -0.15) is 0 Å². The van der Waals surface area contributed by atoms with Crippen molar-refractivity contribution < 1.29 is 23.8 Å². The van der Waals surface area contributed by atoms with E-state index in [1.165, 1.54) is 0 Å². The molecular weight excluding hydrogens is 418 g/mol. The van der Waals surface area contributed by atoms with Gasteiger partial charge in [-0.3, -0.25) is 4.79 Å². The number of ether oxygens (including phenoxy) is 3. The fourth-order valence-corrected chi connectivity index (χ4v) is 4.00. The molecule has 6 nitrogen and oxygen atoms in total. The Balaban J connectivity index is 1.32. The molecule has 6 heteroatoms. The Morgan fingerprint density at radius 1 is 0.939 bits per heavy atom. The number of rotatable bonds is 7. The predicted octanol–water partition coefficient (Wildman–Crippen LogP) is 5.56. The number of nitrogens with one attached hydrogen (secondary N) is 1. The fraction of sp³-hybridized carbons (Fsp3) is 0.185. The van der Waals surface area contributed by atoms with Gasteiger partial charge in [0.1, 0.15) is 5.69 Å². The minimum absolute atomic E-state index is 0.0850. The lowest BCUT2D eigenvalue weighted by Gasteiger charge is -2.07. The van der Waals surface area contributed by atoms with E-state index in [9.17, 15) is 9.59 Å². The monoisotopic (exact) mass is 441 g/mol. The molecule has 33 heavy (non-hydrogen) atoms. The van der Waals surface area contributed by atoms with E-state index in [1.807, 2.05) is 60.7 Å². The molecule has 0 fully saturated rings. The van der Waals surface area contributed by atoms with Crippen LogP contribution in [0.15, 0.2) is 66.7 Å². The SMILES string of the molecule is CCOC(=O)c1cc2cc(-c3cccc(C(=O)CCc4ccc5c(c4)OCO5)c3)ccc2[nH]1. The molecule has 4 aromatic rings. The Labute approximate surface area is 191 Å². The summed E-state index contributed by atoms with van der Waals surface area (Å²) < 4.78 is 15.8. The lowest BCUT2D eigenvalue weighted by atomic mass is 9.97. The van der Waals surface area contributed by atoms with Crippen molar-refractivity contribution in [1.29, 1.82) is 0 Å². The lowest BCUT2D eigenvalue weighted by molar-refractivity contribution is 0.0520. The van der Waals surface area contributed by atoms with Gasteiger partial charge in [-0.05, 0) is 66.4 Å². The second-order valence-electron chi connectivity index (χ2n) is 7.90. The van der Waals surface area contributed by atoms with Crippen molar-refractivity contribution in [1.82, 2.24) is 4.98 Å². The minimum atomic E-state index is -0.370. The van der Waals surface area contributed by atoms with E-state index in [0.29, 0.717) is 30.7 Å². The second-order valence-corrected chi connectivity index (χ2v) is 7.90. The van der Waals surface area contributed by atoms with Gasteiger partial charge in [0.2, 0.25) is 6.79 Å². The highest BCUT2D eigenvalue weighted by Gasteiger charge is 2.15. The molecule has 0 saturated carbocycles. The maximum Gasteiger partial charge on any atom is 0.354 e. The van der Waals surface area contributed by atoms with Crippen molar-refractivity contribution >= 4 is 22.7 Å². The van der Waals surface area contributed by atoms with Crippen LogP contribution in [0.4, 0.5) is 0 Å². The smallest absolute Gasteiger partial charge is 0.354 e. The standard InChI is InChI=1S/C27H23NO5/c1-2-31-27(30)23-15-21-14-19(8-9-22(21)28-23)18-4-3-5-20(13-18)24(29)10-6-17-7-11-25-26(12-17)33-16-32-25/h3-5,7-9,11-15,28H,2,6,10,16H2,1H3. The fourth-order valence-electron chi connectivity index (χ4n) is 4.00. The third-order valence-corrected chi connectivity index (χ3v) is 5.71. The number of aryl methyl sites for hydroxylation is 1. The molecule has 2 heterocycles. The molecule has 0 saturated heterocycles. The van der Waals surface area contributed by atoms with Gasteiger partial charge in [-0.1, -0.05) is 30.3 Å². The van der Waals surface area contributed by atoms with Crippen LogP contribution in [-0.4, -0.2) is 30.1 Å². The topological polar surface area (TPSA) is 77.6 Å². The van der Waals surface area contributed by atoms with Crippen molar-refractivity contribution in [2.75, 3.05) is 13.4 Å². The molecule has 0 radical (unpaired) electrons. The third kappa shape index (κ3) is 4.32. The van der Waals surface area contributed by atoms with Gasteiger partial charge in [-0.25, -0.2) is 4.79 Å². The second kappa shape index (κ2) is 8.82. The highest BCUT2D eigenvalue weighted by Crippen LogP contribution is 2.33. The average molecular weight is 441 g/mol. The maximum atomic E-state index is 12.9. The molecule has 3 aromatic carbocycles. The van der Waals surface area contributed by atoms with Gasteiger partial charge in [0, 0.05) is 22.9 Å². The summed E-state index contributed by atoms with van der Waals surface area (Å²) in [6.07, 6.45) is 1.04. The number of aromatic nitrogens is 1. The van der Waals surface area contributed by atoms with Gasteiger partial charge in [0.05, 0.1) is 6.61 Å². The van der Waals surface area contributed by atoms with Crippen LogP contribution in [0.3, 0.4) is 0 Å². The van der Waals surface area contributed by atoms with Crippen molar-refractivity contribution in [2.24, 2.45) is 0 Å². The number of hydrogen-bond acceptors (Lipinski definition) is 5. The highest BCUT2D eigenvalue weighted by molar-refractivity contribution is 5.98. The minimum Gasteiger partial charge on any atom is -0.461 e. The van der Waals surface area contributed by atoms with E-state index in [0.717, 1.165) is 39.1 Å². The molecule has 166 valence electrons. The molecule has 0 aliphatic carbocycles. The summed E-state index contributed by atoms with van der Waals surface area (Å²) in [7, 11) is 0.